The van der Waals surface area contributed by atoms with Crippen LogP contribution in [0.3, 0.4) is 0 Å². The third-order valence-corrected chi connectivity index (χ3v) is 2.66. The van der Waals surface area contributed by atoms with Crippen LogP contribution >= 0.6 is 11.6 Å². The van der Waals surface area contributed by atoms with E-state index < -0.39 is 0 Å². The van der Waals surface area contributed by atoms with E-state index in [0.29, 0.717) is 5.82 Å². The quantitative estimate of drug-likeness (QED) is 0.771. The Morgan fingerprint density at radius 3 is 2.58 bits per heavy atom. The van der Waals surface area contributed by atoms with E-state index in [2.05, 4.69) is 20.1 Å². The van der Waals surface area contributed by atoms with Crippen molar-refractivity contribution < 1.29 is 0 Å². The van der Waals surface area contributed by atoms with Crippen LogP contribution in [0.4, 0.5) is 5.95 Å². The summed E-state index contributed by atoms with van der Waals surface area (Å²) >= 11 is 5.75. The zero-order valence-corrected chi connectivity index (χ0v) is 10.5. The van der Waals surface area contributed by atoms with E-state index in [9.17, 15) is 0 Å². The molecule has 0 saturated carbocycles. The summed E-state index contributed by atoms with van der Waals surface area (Å²) < 4.78 is 1.73. The second kappa shape index (κ2) is 4.66. The van der Waals surface area contributed by atoms with Crippen LogP contribution in [0.25, 0.3) is 17.1 Å². The topological polar surface area (TPSA) is 82.5 Å². The second-order valence-electron chi connectivity index (χ2n) is 3.80. The molecule has 0 radical (unpaired) electrons. The summed E-state index contributed by atoms with van der Waals surface area (Å²) in [6.45, 7) is 0. The number of anilines is 1. The zero-order chi connectivity index (χ0) is 13.2. The molecule has 2 heterocycles. The van der Waals surface area contributed by atoms with Crippen molar-refractivity contribution in [3.8, 4) is 17.1 Å². The highest BCUT2D eigenvalue weighted by atomic mass is 35.5. The highest BCUT2D eigenvalue weighted by Gasteiger charge is 2.08. The van der Waals surface area contributed by atoms with Crippen LogP contribution in [-0.2, 0) is 0 Å². The maximum absolute atomic E-state index is 5.75. The Kier molecular flexibility index (Phi) is 2.85. The fourth-order valence-electron chi connectivity index (χ4n) is 1.65. The summed E-state index contributed by atoms with van der Waals surface area (Å²) in [6, 6.07) is 9.72. The van der Waals surface area contributed by atoms with Gasteiger partial charge in [-0.05, 0) is 23.7 Å². The highest BCUT2D eigenvalue weighted by Crippen LogP contribution is 2.18. The molecule has 1 aromatic carbocycles. The molecule has 0 bridgehead atoms. The summed E-state index contributed by atoms with van der Waals surface area (Å²) in [5, 5.41) is 4.32. The monoisotopic (exact) mass is 272 g/mol. The van der Waals surface area contributed by atoms with Crippen molar-refractivity contribution in [2.24, 2.45) is 0 Å². The van der Waals surface area contributed by atoms with Crippen molar-refractivity contribution in [1.82, 2.24) is 24.7 Å². The number of hydrogen-bond acceptors (Lipinski definition) is 5. The van der Waals surface area contributed by atoms with E-state index in [4.69, 9.17) is 17.3 Å². The lowest BCUT2D eigenvalue weighted by atomic mass is 10.3. The first kappa shape index (κ1) is 11.6. The molecule has 0 fully saturated rings. The lowest BCUT2D eigenvalue weighted by Gasteiger charge is -1.99. The van der Waals surface area contributed by atoms with E-state index in [1.807, 2.05) is 30.3 Å². The summed E-state index contributed by atoms with van der Waals surface area (Å²) in [6.07, 6.45) is 3.46. The van der Waals surface area contributed by atoms with Gasteiger partial charge in [0.05, 0.1) is 17.4 Å². The van der Waals surface area contributed by atoms with Crippen LogP contribution in [0.2, 0.25) is 5.28 Å². The Balaban J connectivity index is 2.02. The molecule has 0 aliphatic carbocycles. The van der Waals surface area contributed by atoms with Crippen molar-refractivity contribution in [3.05, 3.63) is 48.0 Å². The smallest absolute Gasteiger partial charge is 0.227 e. The minimum Gasteiger partial charge on any atom is -0.368 e. The SMILES string of the molecule is Nc1nc(Cl)nc(-c2cnn(-c3ccccc3)c2)n1. The average Bonchev–Trinajstić information content (AvgIpc) is 2.88. The maximum atomic E-state index is 5.75. The van der Waals surface area contributed by atoms with Crippen molar-refractivity contribution in [2.45, 2.75) is 0 Å². The molecule has 6 nitrogen and oxygen atoms in total. The fourth-order valence-corrected chi connectivity index (χ4v) is 1.82. The van der Waals surface area contributed by atoms with E-state index in [-0.39, 0.29) is 11.2 Å². The largest absolute Gasteiger partial charge is 0.368 e. The number of nitrogens with zero attached hydrogens (tertiary/aromatic N) is 5. The predicted molar refractivity (Wildman–Crippen MR) is 71.8 cm³/mol. The predicted octanol–water partition coefficient (Wildman–Crippen LogP) is 1.96. The van der Waals surface area contributed by atoms with Gasteiger partial charge in [0.25, 0.3) is 0 Å². The molecule has 0 aliphatic heterocycles. The third-order valence-electron chi connectivity index (χ3n) is 2.49. The van der Waals surface area contributed by atoms with Crippen LogP contribution in [0.5, 0.6) is 0 Å². The number of nitrogens with two attached hydrogens (primary N) is 1. The van der Waals surface area contributed by atoms with Crippen LogP contribution in [0.1, 0.15) is 0 Å². The molecule has 3 rings (SSSR count). The van der Waals surface area contributed by atoms with Crippen molar-refractivity contribution in [1.29, 1.82) is 0 Å². The van der Waals surface area contributed by atoms with Crippen LogP contribution in [0, 0.1) is 0 Å². The minimum atomic E-state index is 0.0648. The number of halogens is 1. The van der Waals surface area contributed by atoms with Gasteiger partial charge in [0.2, 0.25) is 11.2 Å². The zero-order valence-electron chi connectivity index (χ0n) is 9.73. The first-order chi connectivity index (χ1) is 9.22. The van der Waals surface area contributed by atoms with Gasteiger partial charge in [0.15, 0.2) is 5.82 Å². The van der Waals surface area contributed by atoms with Crippen molar-refractivity contribution in [3.63, 3.8) is 0 Å². The molecule has 0 atom stereocenters. The first-order valence-electron chi connectivity index (χ1n) is 5.50. The van der Waals surface area contributed by atoms with Gasteiger partial charge in [-0.25, -0.2) is 4.68 Å². The van der Waals surface area contributed by atoms with Gasteiger partial charge in [-0.3, -0.25) is 0 Å². The Hall–Kier alpha value is -2.47. The minimum absolute atomic E-state index is 0.0648. The molecule has 2 aromatic heterocycles. The second-order valence-corrected chi connectivity index (χ2v) is 4.13. The standard InChI is InChI=1S/C12H9ClN6/c13-11-16-10(17-12(14)18-11)8-6-15-19(7-8)9-4-2-1-3-5-9/h1-7H,(H2,14,16,17,18). The van der Waals surface area contributed by atoms with Gasteiger partial charge in [-0.1, -0.05) is 18.2 Å². The molecular formula is C12H9ClN6. The highest BCUT2D eigenvalue weighted by molar-refractivity contribution is 6.28. The summed E-state index contributed by atoms with van der Waals surface area (Å²) in [4.78, 5) is 11.8. The van der Waals surface area contributed by atoms with Gasteiger partial charge < -0.3 is 5.73 Å². The normalized spacial score (nSPS) is 10.6. The summed E-state index contributed by atoms with van der Waals surface area (Å²) in [5.74, 6) is 0.488. The Morgan fingerprint density at radius 1 is 1.05 bits per heavy atom. The van der Waals surface area contributed by atoms with Crippen LogP contribution < -0.4 is 5.73 Å². The summed E-state index contributed by atoms with van der Waals surface area (Å²) in [5.41, 5.74) is 7.21. The molecule has 7 heteroatoms. The van der Waals surface area contributed by atoms with Gasteiger partial charge >= 0.3 is 0 Å². The molecule has 19 heavy (non-hydrogen) atoms. The third kappa shape index (κ3) is 2.38. The van der Waals surface area contributed by atoms with E-state index in [0.717, 1.165) is 11.3 Å². The number of rotatable bonds is 2. The molecule has 94 valence electrons. The average molecular weight is 273 g/mol. The Labute approximate surface area is 113 Å². The van der Waals surface area contributed by atoms with Gasteiger partial charge in [0.1, 0.15) is 0 Å². The van der Waals surface area contributed by atoms with E-state index in [1.54, 1.807) is 17.1 Å². The number of nitrogen functional groups attached to an aromatic ring is 1. The number of benzene rings is 1. The lowest BCUT2D eigenvalue weighted by molar-refractivity contribution is 0.880. The van der Waals surface area contributed by atoms with Crippen LogP contribution in [0.15, 0.2) is 42.7 Å². The van der Waals surface area contributed by atoms with Crippen molar-refractivity contribution in [2.75, 3.05) is 5.73 Å². The molecule has 0 spiro atoms. The molecule has 0 saturated heterocycles. The van der Waals surface area contributed by atoms with Crippen LogP contribution in [-0.4, -0.2) is 24.7 Å². The molecule has 0 amide bonds. The first-order valence-corrected chi connectivity index (χ1v) is 5.88. The Morgan fingerprint density at radius 2 is 1.84 bits per heavy atom. The molecule has 3 aromatic rings. The molecule has 0 aliphatic rings. The van der Waals surface area contributed by atoms with Crippen molar-refractivity contribution >= 4 is 17.5 Å². The maximum Gasteiger partial charge on any atom is 0.227 e. The molecular weight excluding hydrogens is 264 g/mol. The summed E-state index contributed by atoms with van der Waals surface area (Å²) in [7, 11) is 0. The number of para-hydroxylation sites is 1. The van der Waals surface area contributed by atoms with E-state index >= 15 is 0 Å². The molecule has 0 unspecified atom stereocenters. The number of aromatic nitrogens is 5. The Bertz CT molecular complexity index is 689. The lowest BCUT2D eigenvalue weighted by Crippen LogP contribution is -1.99. The van der Waals surface area contributed by atoms with Gasteiger partial charge in [0, 0.05) is 6.20 Å². The fraction of sp³-hybridized carbons (Fsp3) is 0. The van der Waals surface area contributed by atoms with Gasteiger partial charge in [-0.2, -0.15) is 20.1 Å². The van der Waals surface area contributed by atoms with E-state index in [1.165, 1.54) is 0 Å². The van der Waals surface area contributed by atoms with Gasteiger partial charge in [-0.15, -0.1) is 0 Å². The molecule has 2 N–H and O–H groups in total. The number of hydrogen-bond donors (Lipinski definition) is 1.